The average molecular weight is 259 g/mol. The molecule has 0 saturated carbocycles. The number of aryl methyl sites for hydroxylation is 1. The summed E-state index contributed by atoms with van der Waals surface area (Å²) in [7, 11) is 0. The topological polar surface area (TPSA) is 26.0 Å². The van der Waals surface area contributed by atoms with Gasteiger partial charge in [-0.15, -0.1) is 0 Å². The first-order chi connectivity index (χ1) is 9.74. The van der Waals surface area contributed by atoms with E-state index in [1.807, 2.05) is 24.3 Å². The maximum absolute atomic E-state index is 6.12. The van der Waals surface area contributed by atoms with Crippen LogP contribution in [0.4, 0.5) is 5.69 Å². The van der Waals surface area contributed by atoms with Crippen molar-refractivity contribution in [2.24, 2.45) is 0 Å². The van der Waals surface area contributed by atoms with Crippen LogP contribution < -0.4 is 5.73 Å². The Morgan fingerprint density at radius 3 is 2.00 bits per heavy atom. The van der Waals surface area contributed by atoms with Gasteiger partial charge < -0.3 is 5.73 Å². The summed E-state index contributed by atoms with van der Waals surface area (Å²) in [4.78, 5) is 0. The molecule has 0 spiro atoms. The molecule has 3 aromatic rings. The summed E-state index contributed by atoms with van der Waals surface area (Å²) in [5, 5.41) is 0. The largest absolute Gasteiger partial charge is 0.398 e. The number of hydrogen-bond acceptors (Lipinski definition) is 1. The lowest BCUT2D eigenvalue weighted by atomic mass is 9.97. The van der Waals surface area contributed by atoms with Gasteiger partial charge in [0, 0.05) is 11.3 Å². The van der Waals surface area contributed by atoms with Gasteiger partial charge in [-0.3, -0.25) is 0 Å². The molecule has 0 aliphatic heterocycles. The molecule has 0 unspecified atom stereocenters. The zero-order valence-corrected chi connectivity index (χ0v) is 11.5. The summed E-state index contributed by atoms with van der Waals surface area (Å²) in [6.45, 7) is 2.10. The Morgan fingerprint density at radius 1 is 0.650 bits per heavy atom. The van der Waals surface area contributed by atoms with Gasteiger partial charge in [-0.1, -0.05) is 66.2 Å². The highest BCUT2D eigenvalue weighted by molar-refractivity contribution is 5.81. The second-order valence-electron chi connectivity index (χ2n) is 5.03. The fourth-order valence-corrected chi connectivity index (χ4v) is 2.35. The number of nitrogens with two attached hydrogens (primary N) is 1. The molecule has 0 bridgehead atoms. The molecule has 0 atom stereocenters. The van der Waals surface area contributed by atoms with Gasteiger partial charge >= 0.3 is 0 Å². The monoisotopic (exact) mass is 259 g/mol. The van der Waals surface area contributed by atoms with Crippen LogP contribution in [0.25, 0.3) is 22.3 Å². The van der Waals surface area contributed by atoms with Gasteiger partial charge in [0.15, 0.2) is 0 Å². The molecule has 0 fully saturated rings. The fourth-order valence-electron chi connectivity index (χ4n) is 2.35. The van der Waals surface area contributed by atoms with Crippen LogP contribution >= 0.6 is 0 Å². The van der Waals surface area contributed by atoms with Gasteiger partial charge in [-0.2, -0.15) is 0 Å². The molecule has 0 aromatic heterocycles. The predicted octanol–water partition coefficient (Wildman–Crippen LogP) is 4.91. The van der Waals surface area contributed by atoms with Crippen LogP contribution in [-0.2, 0) is 0 Å². The summed E-state index contributed by atoms with van der Waals surface area (Å²) < 4.78 is 0. The molecule has 0 saturated heterocycles. The molecule has 0 aliphatic rings. The van der Waals surface area contributed by atoms with Crippen molar-refractivity contribution in [2.45, 2.75) is 6.92 Å². The molecule has 0 aliphatic carbocycles. The summed E-state index contributed by atoms with van der Waals surface area (Å²) in [6.07, 6.45) is 0. The number of nitrogen functional groups attached to an aromatic ring is 1. The lowest BCUT2D eigenvalue weighted by molar-refractivity contribution is 1.47. The van der Waals surface area contributed by atoms with Gasteiger partial charge in [0.1, 0.15) is 0 Å². The van der Waals surface area contributed by atoms with Crippen molar-refractivity contribution >= 4 is 5.69 Å². The van der Waals surface area contributed by atoms with E-state index in [-0.39, 0.29) is 0 Å². The van der Waals surface area contributed by atoms with Crippen molar-refractivity contribution in [1.29, 1.82) is 0 Å². The van der Waals surface area contributed by atoms with Gasteiger partial charge in [-0.25, -0.2) is 0 Å². The molecule has 1 heteroatoms. The fraction of sp³-hybridized carbons (Fsp3) is 0.0526. The lowest BCUT2D eigenvalue weighted by Gasteiger charge is -2.09. The Balaban J connectivity index is 2.09. The minimum atomic E-state index is 0.812. The molecule has 3 aromatic carbocycles. The highest BCUT2D eigenvalue weighted by Crippen LogP contribution is 2.31. The van der Waals surface area contributed by atoms with E-state index in [4.69, 9.17) is 5.73 Å². The Morgan fingerprint density at radius 2 is 1.30 bits per heavy atom. The molecular formula is C19H17N. The molecule has 0 heterocycles. The zero-order valence-electron chi connectivity index (χ0n) is 11.5. The van der Waals surface area contributed by atoms with E-state index in [0.717, 1.165) is 16.8 Å². The molecular weight excluding hydrogens is 242 g/mol. The summed E-state index contributed by atoms with van der Waals surface area (Å²) in [6, 6.07) is 25.0. The van der Waals surface area contributed by atoms with Crippen molar-refractivity contribution < 1.29 is 0 Å². The SMILES string of the molecule is Cc1ccc(-c2ccc(N)c(-c3ccccc3)c2)cc1. The summed E-state index contributed by atoms with van der Waals surface area (Å²) in [5.41, 5.74) is 12.9. The molecule has 1 nitrogen and oxygen atoms in total. The van der Waals surface area contributed by atoms with Crippen LogP contribution in [0, 0.1) is 6.92 Å². The maximum atomic E-state index is 6.12. The average Bonchev–Trinajstić information content (AvgIpc) is 2.50. The first-order valence-corrected chi connectivity index (χ1v) is 6.76. The van der Waals surface area contributed by atoms with Crippen molar-refractivity contribution in [2.75, 3.05) is 5.73 Å². The molecule has 2 N–H and O–H groups in total. The third-order valence-electron chi connectivity index (χ3n) is 3.52. The van der Waals surface area contributed by atoms with Crippen LogP contribution in [0.5, 0.6) is 0 Å². The van der Waals surface area contributed by atoms with E-state index in [2.05, 4.69) is 55.5 Å². The Kier molecular flexibility index (Phi) is 3.26. The highest BCUT2D eigenvalue weighted by atomic mass is 14.6. The lowest BCUT2D eigenvalue weighted by Crippen LogP contribution is -1.91. The molecule has 98 valence electrons. The van der Waals surface area contributed by atoms with Gasteiger partial charge in [0.05, 0.1) is 0 Å². The summed E-state index contributed by atoms with van der Waals surface area (Å²) >= 11 is 0. The minimum Gasteiger partial charge on any atom is -0.398 e. The van der Waals surface area contributed by atoms with Crippen LogP contribution in [0.1, 0.15) is 5.56 Å². The molecule has 0 radical (unpaired) electrons. The van der Waals surface area contributed by atoms with Gasteiger partial charge in [0.25, 0.3) is 0 Å². The van der Waals surface area contributed by atoms with Gasteiger partial charge in [0.2, 0.25) is 0 Å². The van der Waals surface area contributed by atoms with Crippen molar-refractivity contribution in [3.8, 4) is 22.3 Å². The van der Waals surface area contributed by atoms with Crippen molar-refractivity contribution in [1.82, 2.24) is 0 Å². The van der Waals surface area contributed by atoms with E-state index in [1.165, 1.54) is 16.7 Å². The van der Waals surface area contributed by atoms with E-state index in [9.17, 15) is 0 Å². The third-order valence-corrected chi connectivity index (χ3v) is 3.52. The second-order valence-corrected chi connectivity index (χ2v) is 5.03. The molecule has 20 heavy (non-hydrogen) atoms. The number of hydrogen-bond donors (Lipinski definition) is 1. The Labute approximate surface area is 119 Å². The predicted molar refractivity (Wildman–Crippen MR) is 86.5 cm³/mol. The van der Waals surface area contributed by atoms with E-state index in [1.54, 1.807) is 0 Å². The minimum absolute atomic E-state index is 0.812. The van der Waals surface area contributed by atoms with Crippen LogP contribution in [0.15, 0.2) is 72.8 Å². The number of anilines is 1. The second kappa shape index (κ2) is 5.22. The van der Waals surface area contributed by atoms with Crippen molar-refractivity contribution in [3.05, 3.63) is 78.4 Å². The van der Waals surface area contributed by atoms with Crippen LogP contribution in [0.3, 0.4) is 0 Å². The highest BCUT2D eigenvalue weighted by Gasteiger charge is 2.05. The van der Waals surface area contributed by atoms with E-state index < -0.39 is 0 Å². The standard InChI is InChI=1S/C19H17N/c1-14-7-9-15(10-8-14)17-11-12-19(20)18(13-17)16-5-3-2-4-6-16/h2-13H,20H2,1H3. The quantitative estimate of drug-likeness (QED) is 0.650. The van der Waals surface area contributed by atoms with E-state index in [0.29, 0.717) is 0 Å². The number of rotatable bonds is 2. The first kappa shape index (κ1) is 12.5. The maximum Gasteiger partial charge on any atom is 0.0394 e. The molecule has 0 amide bonds. The zero-order chi connectivity index (χ0) is 13.9. The van der Waals surface area contributed by atoms with Crippen LogP contribution in [-0.4, -0.2) is 0 Å². The third kappa shape index (κ3) is 2.43. The normalized spacial score (nSPS) is 10.4. The van der Waals surface area contributed by atoms with Crippen LogP contribution in [0.2, 0.25) is 0 Å². The van der Waals surface area contributed by atoms with Gasteiger partial charge in [-0.05, 0) is 35.7 Å². The first-order valence-electron chi connectivity index (χ1n) is 6.76. The Bertz CT molecular complexity index is 713. The molecule has 3 rings (SSSR count). The number of benzene rings is 3. The van der Waals surface area contributed by atoms with Crippen molar-refractivity contribution in [3.63, 3.8) is 0 Å². The van der Waals surface area contributed by atoms with E-state index >= 15 is 0 Å². The Hall–Kier alpha value is -2.54. The summed E-state index contributed by atoms with van der Waals surface area (Å²) in [5.74, 6) is 0. The smallest absolute Gasteiger partial charge is 0.0394 e.